The van der Waals surface area contributed by atoms with Crippen LogP contribution in [0.5, 0.6) is 11.5 Å². The number of carbonyl (C=O) groups excluding carboxylic acids is 4. The summed E-state index contributed by atoms with van der Waals surface area (Å²) in [6, 6.07) is 8.13. The maximum atomic E-state index is 14.1. The van der Waals surface area contributed by atoms with E-state index in [9.17, 15) is 24.3 Å². The number of halogens is 5. The van der Waals surface area contributed by atoms with Crippen molar-refractivity contribution in [3.63, 3.8) is 0 Å². The first-order valence-electron chi connectivity index (χ1n) is 13.0. The third kappa shape index (κ3) is 3.84. The summed E-state index contributed by atoms with van der Waals surface area (Å²) in [5.74, 6) is -5.44. The highest BCUT2D eigenvalue weighted by Crippen LogP contribution is 2.66. The number of phenolic OH excluding ortho intramolecular Hbond substituents is 1. The van der Waals surface area contributed by atoms with Crippen molar-refractivity contribution in [1.82, 2.24) is 4.90 Å². The molecule has 2 aliphatic carbocycles. The van der Waals surface area contributed by atoms with Gasteiger partial charge in [-0.2, -0.15) is 0 Å². The molecule has 3 fully saturated rings. The summed E-state index contributed by atoms with van der Waals surface area (Å²) in [7, 11) is 1.38. The Kier molecular flexibility index (Phi) is 7.29. The van der Waals surface area contributed by atoms with Crippen molar-refractivity contribution < 1.29 is 29.0 Å². The van der Waals surface area contributed by atoms with Crippen LogP contribution in [0.2, 0.25) is 5.02 Å². The van der Waals surface area contributed by atoms with Gasteiger partial charge in [-0.15, -0.1) is 23.2 Å². The van der Waals surface area contributed by atoms with Crippen molar-refractivity contribution in [3.05, 3.63) is 62.6 Å². The molecule has 0 radical (unpaired) electrons. The Labute approximate surface area is 273 Å². The predicted octanol–water partition coefficient (Wildman–Crippen LogP) is 6.04. The minimum absolute atomic E-state index is 0.111. The highest BCUT2D eigenvalue weighted by molar-refractivity contribution is 9.10. The number of benzene rings is 2. The number of hydrogen-bond donors (Lipinski definition) is 1. The van der Waals surface area contributed by atoms with E-state index in [2.05, 4.69) is 31.9 Å². The molecule has 4 amide bonds. The van der Waals surface area contributed by atoms with Gasteiger partial charge in [-0.25, -0.2) is 4.90 Å². The van der Waals surface area contributed by atoms with Crippen LogP contribution in [0.3, 0.4) is 0 Å². The number of imide groups is 2. The van der Waals surface area contributed by atoms with Crippen LogP contribution in [0.1, 0.15) is 29.9 Å². The summed E-state index contributed by atoms with van der Waals surface area (Å²) >= 11 is 27.4. The molecule has 1 N–H and O–H groups in total. The third-order valence-corrected chi connectivity index (χ3v) is 12.0. The average molecular weight is 762 g/mol. The minimum Gasteiger partial charge on any atom is -0.503 e. The molecule has 220 valence electrons. The van der Waals surface area contributed by atoms with Crippen LogP contribution in [0.25, 0.3) is 0 Å². The number of rotatable bonds is 4. The molecular weight excluding hydrogens is 738 g/mol. The zero-order valence-corrected chi connectivity index (χ0v) is 27.6. The lowest BCUT2D eigenvalue weighted by molar-refractivity contribution is -0.138. The van der Waals surface area contributed by atoms with Gasteiger partial charge in [0.2, 0.25) is 11.8 Å². The maximum absolute atomic E-state index is 14.1. The number of carbonyl (C=O) groups is 4. The lowest BCUT2D eigenvalue weighted by Crippen LogP contribution is -2.60. The standard InChI is InChI=1S/C29H23Br2Cl3N2O6/c1-12-3-4-14(9-19(12)32)36-24(38)16-6-5-15-17(21(16)25(36)39)10-28(33)26(40)35(11-30)27(41)29(28,34)22(15)13-7-18(31)23(37)20(8-13)42-2/h3-5,7-9,16-17,21-22,37H,6,10-11H2,1-2H3. The van der Waals surface area contributed by atoms with Crippen LogP contribution >= 0.6 is 66.7 Å². The van der Waals surface area contributed by atoms with E-state index in [-0.39, 0.29) is 40.2 Å². The number of methoxy groups -OCH3 is 1. The number of hydrogen-bond acceptors (Lipinski definition) is 6. The summed E-state index contributed by atoms with van der Waals surface area (Å²) in [6.07, 6.45) is 1.93. The van der Waals surface area contributed by atoms with E-state index >= 15 is 0 Å². The lowest BCUT2D eigenvalue weighted by atomic mass is 9.56. The Morgan fingerprint density at radius 1 is 1.07 bits per heavy atom. The van der Waals surface area contributed by atoms with Crippen molar-refractivity contribution in [2.75, 3.05) is 17.5 Å². The molecule has 6 atom stereocenters. The van der Waals surface area contributed by atoms with Gasteiger partial charge in [0.15, 0.2) is 21.2 Å². The summed E-state index contributed by atoms with van der Waals surface area (Å²) in [6.45, 7) is 1.82. The molecule has 2 aromatic carbocycles. The summed E-state index contributed by atoms with van der Waals surface area (Å²) < 4.78 is 5.65. The number of phenols is 1. The molecule has 42 heavy (non-hydrogen) atoms. The van der Waals surface area contributed by atoms with E-state index < -0.39 is 51.1 Å². The Bertz CT molecular complexity index is 1630. The van der Waals surface area contributed by atoms with E-state index in [4.69, 9.17) is 39.5 Å². The summed E-state index contributed by atoms with van der Waals surface area (Å²) in [5, 5.41) is 10.9. The summed E-state index contributed by atoms with van der Waals surface area (Å²) in [5.41, 5.74) is 2.11. The quantitative estimate of drug-likeness (QED) is 0.177. The highest BCUT2D eigenvalue weighted by Gasteiger charge is 2.76. The van der Waals surface area contributed by atoms with Gasteiger partial charge in [0, 0.05) is 10.9 Å². The molecule has 1 saturated carbocycles. The average Bonchev–Trinajstić information content (AvgIpc) is 3.29. The fraction of sp³-hybridized carbons (Fsp3) is 0.379. The van der Waals surface area contributed by atoms with E-state index in [1.165, 1.54) is 13.2 Å². The van der Waals surface area contributed by atoms with Crippen molar-refractivity contribution in [2.24, 2.45) is 17.8 Å². The summed E-state index contributed by atoms with van der Waals surface area (Å²) in [4.78, 5) is 53.7. The Hall–Kier alpha value is -2.11. The predicted molar refractivity (Wildman–Crippen MR) is 164 cm³/mol. The molecule has 2 saturated heterocycles. The van der Waals surface area contributed by atoms with Gasteiger partial charge in [-0.05, 0) is 77.0 Å². The van der Waals surface area contributed by atoms with Gasteiger partial charge in [0.05, 0.1) is 34.6 Å². The van der Waals surface area contributed by atoms with Crippen molar-refractivity contribution in [3.8, 4) is 11.5 Å². The number of anilines is 1. The van der Waals surface area contributed by atoms with E-state index in [0.717, 1.165) is 15.4 Å². The Morgan fingerprint density at radius 3 is 2.43 bits per heavy atom. The molecule has 2 heterocycles. The molecule has 2 aliphatic heterocycles. The smallest absolute Gasteiger partial charge is 0.254 e. The molecule has 0 aromatic heterocycles. The first-order valence-corrected chi connectivity index (χ1v) is 16.1. The van der Waals surface area contributed by atoms with Crippen LogP contribution in [-0.2, 0) is 19.2 Å². The number of aromatic hydroxyl groups is 1. The van der Waals surface area contributed by atoms with Gasteiger partial charge in [0.25, 0.3) is 11.8 Å². The van der Waals surface area contributed by atoms with Crippen molar-refractivity contribution in [2.45, 2.75) is 35.4 Å². The van der Waals surface area contributed by atoms with Crippen LogP contribution < -0.4 is 9.64 Å². The number of likely N-dealkylation sites (tertiary alicyclic amines) is 1. The normalized spacial score (nSPS) is 32.1. The molecule has 4 aliphatic rings. The second kappa shape index (κ2) is 10.2. The minimum atomic E-state index is -1.97. The maximum Gasteiger partial charge on any atom is 0.254 e. The van der Waals surface area contributed by atoms with E-state index in [1.54, 1.807) is 24.3 Å². The topological polar surface area (TPSA) is 104 Å². The van der Waals surface area contributed by atoms with Crippen LogP contribution in [0.15, 0.2) is 46.5 Å². The Morgan fingerprint density at radius 2 is 1.79 bits per heavy atom. The highest BCUT2D eigenvalue weighted by atomic mass is 79.9. The molecule has 6 unspecified atom stereocenters. The number of allylic oxidation sites excluding steroid dienone is 2. The van der Waals surface area contributed by atoms with Crippen molar-refractivity contribution in [1.29, 1.82) is 0 Å². The van der Waals surface area contributed by atoms with Crippen LogP contribution in [0, 0.1) is 24.7 Å². The van der Waals surface area contributed by atoms with Crippen molar-refractivity contribution >= 4 is 96.0 Å². The fourth-order valence-electron chi connectivity index (χ4n) is 7.02. The second-order valence-electron chi connectivity index (χ2n) is 11.0. The SMILES string of the molecule is COc1cc(C2C3=CCC4C(=O)N(c5ccc(C)c(Cl)c5)C(=O)C4C3CC3(Cl)C(=O)N(CBr)C(=O)C23Cl)cc(Br)c1O. The number of amides is 4. The molecule has 2 aromatic rings. The third-order valence-electron chi connectivity index (χ3n) is 9.03. The number of aryl methyl sites for hydroxylation is 1. The first-order chi connectivity index (χ1) is 19.8. The number of ether oxygens (including phenoxy) is 1. The monoisotopic (exact) mass is 758 g/mol. The van der Waals surface area contributed by atoms with E-state index in [0.29, 0.717) is 21.8 Å². The van der Waals surface area contributed by atoms with Crippen LogP contribution in [0.4, 0.5) is 5.69 Å². The second-order valence-corrected chi connectivity index (χ2v) is 14.0. The molecule has 0 spiro atoms. The molecule has 13 heteroatoms. The molecule has 6 rings (SSSR count). The number of fused-ring (bicyclic) bond motifs is 4. The molecule has 8 nitrogen and oxygen atoms in total. The molecule has 0 bridgehead atoms. The van der Waals surface area contributed by atoms with Gasteiger partial charge in [0.1, 0.15) is 0 Å². The zero-order valence-electron chi connectivity index (χ0n) is 22.2. The van der Waals surface area contributed by atoms with Gasteiger partial charge >= 0.3 is 0 Å². The van der Waals surface area contributed by atoms with E-state index in [1.807, 2.05) is 13.0 Å². The fourth-order valence-corrected chi connectivity index (χ4v) is 9.08. The number of nitrogens with zero attached hydrogens (tertiary/aromatic N) is 2. The first kappa shape index (κ1) is 29.9. The van der Waals surface area contributed by atoms with Crippen LogP contribution in [-0.4, -0.2) is 55.9 Å². The zero-order chi connectivity index (χ0) is 30.5. The van der Waals surface area contributed by atoms with Gasteiger partial charge < -0.3 is 9.84 Å². The van der Waals surface area contributed by atoms with Gasteiger partial charge in [-0.1, -0.05) is 45.2 Å². The van der Waals surface area contributed by atoms with Gasteiger partial charge in [-0.3, -0.25) is 24.1 Å². The number of alkyl halides is 3. The largest absolute Gasteiger partial charge is 0.503 e. The Balaban J connectivity index is 1.54. The molecular formula is C29H23Br2Cl3N2O6. The lowest BCUT2D eigenvalue weighted by Gasteiger charge is -2.50.